The summed E-state index contributed by atoms with van der Waals surface area (Å²) in [5.41, 5.74) is 1.34. The third kappa shape index (κ3) is 4.04. The second-order valence-electron chi connectivity index (χ2n) is 3.56. The molecule has 0 bridgehead atoms. The van der Waals surface area contributed by atoms with Crippen molar-refractivity contribution in [2.45, 2.75) is 19.8 Å². The van der Waals surface area contributed by atoms with Crippen molar-refractivity contribution in [2.75, 3.05) is 13.6 Å². The molecule has 0 amide bonds. The Bertz CT molecular complexity index is 221. The van der Waals surface area contributed by atoms with Crippen LogP contribution in [0.2, 0.25) is 0 Å². The second kappa shape index (κ2) is 5.70. The van der Waals surface area contributed by atoms with E-state index < -0.39 is 0 Å². The summed E-state index contributed by atoms with van der Waals surface area (Å²) in [7, 11) is 2.00. The number of pyridine rings is 1. The van der Waals surface area contributed by atoms with E-state index >= 15 is 0 Å². The van der Waals surface area contributed by atoms with E-state index in [0.29, 0.717) is 0 Å². The predicted octanol–water partition coefficient (Wildman–Crippen LogP) is 1.87. The first kappa shape index (κ1) is 10.2. The molecule has 13 heavy (non-hydrogen) atoms. The third-order valence-electron chi connectivity index (χ3n) is 2.20. The summed E-state index contributed by atoms with van der Waals surface area (Å²) in [6.45, 7) is 3.37. The van der Waals surface area contributed by atoms with Crippen molar-refractivity contribution in [1.29, 1.82) is 0 Å². The van der Waals surface area contributed by atoms with E-state index in [1.54, 1.807) is 0 Å². The Morgan fingerprint density at radius 1 is 1.54 bits per heavy atom. The molecule has 0 fully saturated rings. The summed E-state index contributed by atoms with van der Waals surface area (Å²) < 4.78 is 0. The molecule has 1 aromatic heterocycles. The summed E-state index contributed by atoms with van der Waals surface area (Å²) in [5.74, 6) is 0.741. The predicted molar refractivity (Wildman–Crippen MR) is 55.6 cm³/mol. The maximum Gasteiger partial charge on any atom is 0.0299 e. The molecule has 72 valence electrons. The van der Waals surface area contributed by atoms with E-state index in [-0.39, 0.29) is 0 Å². The van der Waals surface area contributed by atoms with Gasteiger partial charge in [-0.2, -0.15) is 0 Å². The quantitative estimate of drug-likeness (QED) is 0.744. The van der Waals surface area contributed by atoms with Crippen LogP contribution < -0.4 is 5.32 Å². The van der Waals surface area contributed by atoms with Crippen LogP contribution in [0.15, 0.2) is 24.5 Å². The number of hydrogen-bond acceptors (Lipinski definition) is 2. The SMILES string of the molecule is CNCC(C)CCc1cccnc1. The minimum Gasteiger partial charge on any atom is -0.319 e. The van der Waals surface area contributed by atoms with Gasteiger partial charge in [0.25, 0.3) is 0 Å². The highest BCUT2D eigenvalue weighted by Crippen LogP contribution is 2.07. The number of nitrogens with one attached hydrogen (secondary N) is 1. The van der Waals surface area contributed by atoms with Gasteiger partial charge in [0.05, 0.1) is 0 Å². The van der Waals surface area contributed by atoms with Gasteiger partial charge in [0.1, 0.15) is 0 Å². The zero-order valence-electron chi connectivity index (χ0n) is 8.46. The molecular weight excluding hydrogens is 160 g/mol. The molecule has 1 aromatic rings. The van der Waals surface area contributed by atoms with Gasteiger partial charge >= 0.3 is 0 Å². The van der Waals surface area contributed by atoms with Gasteiger partial charge in [-0.1, -0.05) is 13.0 Å². The minimum absolute atomic E-state index is 0.741. The average Bonchev–Trinajstić information content (AvgIpc) is 2.17. The van der Waals surface area contributed by atoms with Gasteiger partial charge in [-0.25, -0.2) is 0 Å². The molecule has 1 heterocycles. The highest BCUT2D eigenvalue weighted by Gasteiger charge is 2.00. The van der Waals surface area contributed by atoms with E-state index in [1.807, 2.05) is 25.5 Å². The largest absolute Gasteiger partial charge is 0.319 e. The number of aryl methyl sites for hydroxylation is 1. The van der Waals surface area contributed by atoms with Gasteiger partial charge in [-0.3, -0.25) is 4.98 Å². The second-order valence-corrected chi connectivity index (χ2v) is 3.56. The lowest BCUT2D eigenvalue weighted by Crippen LogP contribution is -2.16. The molecule has 1 unspecified atom stereocenters. The van der Waals surface area contributed by atoms with Gasteiger partial charge in [-0.15, -0.1) is 0 Å². The van der Waals surface area contributed by atoms with Crippen molar-refractivity contribution >= 4 is 0 Å². The normalized spacial score (nSPS) is 12.8. The van der Waals surface area contributed by atoms with E-state index in [9.17, 15) is 0 Å². The summed E-state index contributed by atoms with van der Waals surface area (Å²) in [6, 6.07) is 4.14. The Hall–Kier alpha value is -0.890. The van der Waals surface area contributed by atoms with Crippen LogP contribution in [0, 0.1) is 5.92 Å². The molecule has 0 aliphatic rings. The molecule has 0 aliphatic carbocycles. The van der Waals surface area contributed by atoms with Crippen LogP contribution in [0.4, 0.5) is 0 Å². The van der Waals surface area contributed by atoms with Crippen molar-refractivity contribution in [2.24, 2.45) is 5.92 Å². The lowest BCUT2D eigenvalue weighted by atomic mass is 10.0. The first-order valence-electron chi connectivity index (χ1n) is 4.86. The fourth-order valence-electron chi connectivity index (χ4n) is 1.41. The van der Waals surface area contributed by atoms with E-state index in [1.165, 1.54) is 12.0 Å². The Kier molecular flexibility index (Phi) is 4.47. The smallest absolute Gasteiger partial charge is 0.0299 e. The summed E-state index contributed by atoms with van der Waals surface area (Å²) in [5, 5.41) is 3.19. The zero-order valence-corrected chi connectivity index (χ0v) is 8.46. The maximum atomic E-state index is 4.09. The van der Waals surface area contributed by atoms with Crippen LogP contribution in [0.25, 0.3) is 0 Å². The lowest BCUT2D eigenvalue weighted by Gasteiger charge is -2.09. The first-order valence-corrected chi connectivity index (χ1v) is 4.86. The van der Waals surface area contributed by atoms with Gasteiger partial charge in [0.15, 0.2) is 0 Å². The summed E-state index contributed by atoms with van der Waals surface area (Å²) in [6.07, 6.45) is 6.13. The van der Waals surface area contributed by atoms with Crippen molar-refractivity contribution < 1.29 is 0 Å². The van der Waals surface area contributed by atoms with Crippen molar-refractivity contribution in [3.63, 3.8) is 0 Å². The van der Waals surface area contributed by atoms with Crippen LogP contribution in [0.1, 0.15) is 18.9 Å². The van der Waals surface area contributed by atoms with Crippen LogP contribution in [-0.4, -0.2) is 18.6 Å². The van der Waals surface area contributed by atoms with Crippen LogP contribution >= 0.6 is 0 Å². The molecule has 1 atom stereocenters. The van der Waals surface area contributed by atoms with Gasteiger partial charge in [-0.05, 0) is 44.0 Å². The Labute approximate surface area is 80.4 Å². The number of nitrogens with zero attached hydrogens (tertiary/aromatic N) is 1. The zero-order chi connectivity index (χ0) is 9.52. The van der Waals surface area contributed by atoms with Gasteiger partial charge in [0, 0.05) is 12.4 Å². The topological polar surface area (TPSA) is 24.9 Å². The number of hydrogen-bond donors (Lipinski definition) is 1. The molecule has 2 nitrogen and oxygen atoms in total. The van der Waals surface area contributed by atoms with E-state index in [2.05, 4.69) is 23.3 Å². The molecule has 0 saturated heterocycles. The summed E-state index contributed by atoms with van der Waals surface area (Å²) in [4.78, 5) is 4.09. The summed E-state index contributed by atoms with van der Waals surface area (Å²) >= 11 is 0. The molecule has 2 heteroatoms. The molecule has 0 aliphatic heterocycles. The molecule has 0 aromatic carbocycles. The Morgan fingerprint density at radius 3 is 3.00 bits per heavy atom. The van der Waals surface area contributed by atoms with Crippen molar-refractivity contribution in [1.82, 2.24) is 10.3 Å². The van der Waals surface area contributed by atoms with Crippen LogP contribution in [0.3, 0.4) is 0 Å². The molecule has 1 rings (SSSR count). The molecular formula is C11H18N2. The molecule has 1 N–H and O–H groups in total. The van der Waals surface area contributed by atoms with Gasteiger partial charge < -0.3 is 5.32 Å². The number of aromatic nitrogens is 1. The highest BCUT2D eigenvalue weighted by molar-refractivity contribution is 5.08. The van der Waals surface area contributed by atoms with Crippen molar-refractivity contribution in [3.8, 4) is 0 Å². The molecule has 0 saturated carbocycles. The standard InChI is InChI=1S/C11H18N2/c1-10(8-12-2)5-6-11-4-3-7-13-9-11/h3-4,7,9-10,12H,5-6,8H2,1-2H3. The number of rotatable bonds is 5. The highest BCUT2D eigenvalue weighted by atomic mass is 14.8. The fourth-order valence-corrected chi connectivity index (χ4v) is 1.41. The minimum atomic E-state index is 0.741. The first-order chi connectivity index (χ1) is 6.33. The monoisotopic (exact) mass is 178 g/mol. The maximum absolute atomic E-state index is 4.09. The van der Waals surface area contributed by atoms with Crippen molar-refractivity contribution in [3.05, 3.63) is 30.1 Å². The lowest BCUT2D eigenvalue weighted by molar-refractivity contribution is 0.504. The van der Waals surface area contributed by atoms with Gasteiger partial charge in [0.2, 0.25) is 0 Å². The molecule has 0 radical (unpaired) electrons. The fraction of sp³-hybridized carbons (Fsp3) is 0.545. The van der Waals surface area contributed by atoms with E-state index in [0.717, 1.165) is 18.9 Å². The Balaban J connectivity index is 2.27. The van der Waals surface area contributed by atoms with Crippen LogP contribution in [-0.2, 0) is 6.42 Å². The third-order valence-corrected chi connectivity index (χ3v) is 2.20. The Morgan fingerprint density at radius 2 is 2.38 bits per heavy atom. The van der Waals surface area contributed by atoms with Crippen LogP contribution in [0.5, 0.6) is 0 Å². The average molecular weight is 178 g/mol. The molecule has 0 spiro atoms. The van der Waals surface area contributed by atoms with E-state index in [4.69, 9.17) is 0 Å².